The van der Waals surface area contributed by atoms with Crippen LogP contribution in [0.25, 0.3) is 0 Å². The number of hydrogen-bond acceptors (Lipinski definition) is 4. The van der Waals surface area contributed by atoms with Gasteiger partial charge in [0.05, 0.1) is 13.2 Å². The van der Waals surface area contributed by atoms with Gasteiger partial charge in [-0.05, 0) is 6.42 Å². The van der Waals surface area contributed by atoms with Crippen LogP contribution in [0.2, 0.25) is 0 Å². The highest BCUT2D eigenvalue weighted by atomic mass is 16.4. The van der Waals surface area contributed by atoms with Crippen molar-refractivity contribution < 1.29 is 20.1 Å². The van der Waals surface area contributed by atoms with Crippen LogP contribution < -0.4 is 0 Å². The Labute approximate surface area is 155 Å². The molecule has 0 bridgehead atoms. The molecule has 0 saturated carbocycles. The fourth-order valence-corrected chi connectivity index (χ4v) is 3.12. The molecular weight excluding hydrogens is 316 g/mol. The summed E-state index contributed by atoms with van der Waals surface area (Å²) in [6.45, 7) is 0.843. The molecule has 0 amide bonds. The van der Waals surface area contributed by atoms with Gasteiger partial charge in [-0.25, -0.2) is 0 Å². The second-order valence-corrected chi connectivity index (χ2v) is 7.47. The van der Waals surface area contributed by atoms with Crippen molar-refractivity contribution in [3.05, 3.63) is 0 Å². The van der Waals surface area contributed by atoms with E-state index in [1.165, 1.54) is 77.0 Å². The molecule has 0 heterocycles. The van der Waals surface area contributed by atoms with E-state index in [9.17, 15) is 9.90 Å². The van der Waals surface area contributed by atoms with Gasteiger partial charge in [-0.15, -0.1) is 0 Å². The van der Waals surface area contributed by atoms with Crippen LogP contribution >= 0.6 is 0 Å². The highest BCUT2D eigenvalue weighted by molar-refractivity contribution is 5.87. The maximum absolute atomic E-state index is 11.7. The van der Waals surface area contributed by atoms with E-state index in [0.717, 1.165) is 19.3 Å². The molecule has 0 aliphatic rings. The Hall–Kier alpha value is -0.450. The van der Waals surface area contributed by atoms with Gasteiger partial charge in [0.25, 0.3) is 0 Å². The zero-order valence-electron chi connectivity index (χ0n) is 16.5. The molecule has 0 saturated heterocycles. The van der Waals surface area contributed by atoms with Crippen molar-refractivity contribution in [1.82, 2.24) is 0 Å². The Bertz CT molecular complexity index is 300. The third-order valence-electron chi connectivity index (χ3n) is 5.05. The molecule has 3 N–H and O–H groups in total. The lowest BCUT2D eigenvalue weighted by atomic mass is 9.95. The van der Waals surface area contributed by atoms with Crippen LogP contribution in [0.3, 0.4) is 0 Å². The fraction of sp³-hybridized carbons (Fsp3) is 0.952. The molecule has 0 aromatic rings. The molecule has 0 atom stereocenters. The number of rotatable bonds is 19. The predicted octanol–water partition coefficient (Wildman–Crippen LogP) is 4.53. The minimum absolute atomic E-state index is 0.232. The van der Waals surface area contributed by atoms with Gasteiger partial charge in [0, 0.05) is 6.42 Å². The van der Waals surface area contributed by atoms with E-state index >= 15 is 0 Å². The van der Waals surface area contributed by atoms with Crippen molar-refractivity contribution >= 4 is 5.78 Å². The van der Waals surface area contributed by atoms with Crippen LogP contribution in [0, 0.1) is 0 Å². The summed E-state index contributed by atoms with van der Waals surface area (Å²) in [6.07, 6.45) is 19.2. The number of aliphatic hydroxyl groups is 3. The maximum Gasteiger partial charge on any atom is 0.169 e. The van der Waals surface area contributed by atoms with E-state index in [1.54, 1.807) is 0 Å². The normalized spacial score (nSPS) is 11.8. The highest BCUT2D eigenvalue weighted by Crippen LogP contribution is 2.15. The smallest absolute Gasteiger partial charge is 0.169 e. The highest BCUT2D eigenvalue weighted by Gasteiger charge is 2.33. The number of Topliss-reactive ketones (excluding diaryl/α,β-unsaturated/α-hetero) is 1. The first kappa shape index (κ1) is 24.6. The third kappa shape index (κ3) is 13.4. The Kier molecular flexibility index (Phi) is 16.7. The van der Waals surface area contributed by atoms with Gasteiger partial charge >= 0.3 is 0 Å². The zero-order chi connectivity index (χ0) is 18.8. The molecule has 0 aromatic carbocycles. The minimum Gasteiger partial charge on any atom is -0.393 e. The Morgan fingerprint density at radius 1 is 0.640 bits per heavy atom. The Balaban J connectivity index is 3.28. The number of carbonyl (C=O) groups excluding carboxylic acids is 1. The first-order valence-electron chi connectivity index (χ1n) is 10.6. The quantitative estimate of drug-likeness (QED) is 0.296. The second kappa shape index (κ2) is 17.0. The van der Waals surface area contributed by atoms with Crippen LogP contribution in [0.4, 0.5) is 0 Å². The molecule has 4 nitrogen and oxygen atoms in total. The van der Waals surface area contributed by atoms with Crippen LogP contribution in [-0.4, -0.2) is 39.9 Å². The molecule has 25 heavy (non-hydrogen) atoms. The van der Waals surface area contributed by atoms with Crippen molar-refractivity contribution in [2.24, 2.45) is 0 Å². The van der Waals surface area contributed by atoms with Crippen LogP contribution in [0.15, 0.2) is 0 Å². The van der Waals surface area contributed by atoms with Gasteiger partial charge in [-0.1, -0.05) is 96.8 Å². The fourth-order valence-electron chi connectivity index (χ4n) is 3.12. The molecule has 0 spiro atoms. The number of ketones is 1. The molecule has 0 aliphatic heterocycles. The molecule has 0 rings (SSSR count). The third-order valence-corrected chi connectivity index (χ3v) is 5.05. The maximum atomic E-state index is 11.7. The first-order valence-corrected chi connectivity index (χ1v) is 10.6. The summed E-state index contributed by atoms with van der Waals surface area (Å²) in [5, 5.41) is 27.6. The van der Waals surface area contributed by atoms with Gasteiger partial charge < -0.3 is 15.3 Å². The summed E-state index contributed by atoms with van der Waals surface area (Å²) in [7, 11) is 0. The van der Waals surface area contributed by atoms with E-state index in [1.807, 2.05) is 0 Å². The van der Waals surface area contributed by atoms with E-state index in [-0.39, 0.29) is 6.42 Å². The van der Waals surface area contributed by atoms with E-state index in [0.29, 0.717) is 0 Å². The van der Waals surface area contributed by atoms with Gasteiger partial charge in [-0.3, -0.25) is 4.79 Å². The van der Waals surface area contributed by atoms with E-state index < -0.39 is 24.6 Å². The van der Waals surface area contributed by atoms with Crippen molar-refractivity contribution in [3.63, 3.8) is 0 Å². The molecule has 150 valence electrons. The summed E-state index contributed by atoms with van der Waals surface area (Å²) in [5.74, 6) is -0.452. The average Bonchev–Trinajstić information content (AvgIpc) is 2.63. The van der Waals surface area contributed by atoms with Crippen molar-refractivity contribution in [2.75, 3.05) is 13.2 Å². The summed E-state index contributed by atoms with van der Waals surface area (Å²) >= 11 is 0. The first-order chi connectivity index (χ1) is 12.1. The number of carbonyl (C=O) groups is 1. The van der Waals surface area contributed by atoms with Gasteiger partial charge in [0.15, 0.2) is 11.4 Å². The van der Waals surface area contributed by atoms with Gasteiger partial charge in [-0.2, -0.15) is 0 Å². The number of aliphatic hydroxyl groups excluding tert-OH is 2. The minimum atomic E-state index is -1.95. The molecular formula is C21H42O4. The summed E-state index contributed by atoms with van der Waals surface area (Å²) in [6, 6.07) is 0. The Morgan fingerprint density at radius 2 is 0.960 bits per heavy atom. The number of hydrogen-bond donors (Lipinski definition) is 3. The second-order valence-electron chi connectivity index (χ2n) is 7.47. The molecule has 0 aromatic heterocycles. The average molecular weight is 359 g/mol. The summed E-state index contributed by atoms with van der Waals surface area (Å²) < 4.78 is 0. The van der Waals surface area contributed by atoms with Gasteiger partial charge in [0.2, 0.25) is 0 Å². The van der Waals surface area contributed by atoms with Crippen LogP contribution in [0.5, 0.6) is 0 Å². The monoisotopic (exact) mass is 358 g/mol. The van der Waals surface area contributed by atoms with E-state index in [2.05, 4.69) is 6.92 Å². The van der Waals surface area contributed by atoms with Gasteiger partial charge in [0.1, 0.15) is 0 Å². The van der Waals surface area contributed by atoms with Crippen LogP contribution in [0.1, 0.15) is 110 Å². The van der Waals surface area contributed by atoms with Crippen molar-refractivity contribution in [2.45, 2.75) is 115 Å². The molecule has 0 unspecified atom stereocenters. The SMILES string of the molecule is CCCCCCCCCCCCCCCCCC(=O)C(O)(CO)CO. The molecule has 0 radical (unpaired) electrons. The van der Waals surface area contributed by atoms with Crippen molar-refractivity contribution in [1.29, 1.82) is 0 Å². The largest absolute Gasteiger partial charge is 0.393 e. The number of unbranched alkanes of at least 4 members (excludes halogenated alkanes) is 14. The predicted molar refractivity (Wildman–Crippen MR) is 104 cm³/mol. The molecule has 0 aliphatic carbocycles. The molecule has 0 fully saturated rings. The molecule has 4 heteroatoms. The van der Waals surface area contributed by atoms with E-state index in [4.69, 9.17) is 10.2 Å². The van der Waals surface area contributed by atoms with Crippen molar-refractivity contribution in [3.8, 4) is 0 Å². The lowest BCUT2D eigenvalue weighted by Gasteiger charge is -2.21. The summed E-state index contributed by atoms with van der Waals surface area (Å²) in [5.41, 5.74) is -1.95. The summed E-state index contributed by atoms with van der Waals surface area (Å²) in [4.78, 5) is 11.7. The Morgan fingerprint density at radius 3 is 1.28 bits per heavy atom. The topological polar surface area (TPSA) is 77.8 Å². The zero-order valence-corrected chi connectivity index (χ0v) is 16.5. The standard InChI is InChI=1S/C21H42O4/c1-2-3-4-5-6-7-8-9-10-11-12-13-14-15-16-17-20(24)21(25,18-22)19-23/h22-23,25H,2-19H2,1H3. The lowest BCUT2D eigenvalue weighted by molar-refractivity contribution is -0.146. The lowest BCUT2D eigenvalue weighted by Crippen LogP contribution is -2.45. The van der Waals surface area contributed by atoms with Crippen LogP contribution in [-0.2, 0) is 4.79 Å².